The summed E-state index contributed by atoms with van der Waals surface area (Å²) in [7, 11) is 0. The molecule has 1 aromatic rings. The molecule has 1 fully saturated rings. The summed E-state index contributed by atoms with van der Waals surface area (Å²) in [6.45, 7) is 8.68. The van der Waals surface area contributed by atoms with Crippen LogP contribution in [0, 0.1) is 13.8 Å². The fraction of sp³-hybridized carbons (Fsp3) is 0.692. The van der Waals surface area contributed by atoms with Gasteiger partial charge in [-0.15, -0.1) is 0 Å². The Morgan fingerprint density at radius 2 is 2.11 bits per heavy atom. The number of rotatable bonds is 5. The predicted octanol–water partition coefficient (Wildman–Crippen LogP) is 0.282. The molecule has 0 unspecified atom stereocenters. The van der Waals surface area contributed by atoms with E-state index in [4.69, 9.17) is 9.26 Å². The van der Waals surface area contributed by atoms with E-state index in [1.165, 1.54) is 0 Å². The molecule has 1 amide bonds. The first-order chi connectivity index (χ1) is 9.16. The molecule has 1 aliphatic rings. The van der Waals surface area contributed by atoms with Crippen molar-refractivity contribution < 1.29 is 14.1 Å². The van der Waals surface area contributed by atoms with Gasteiger partial charge in [0.05, 0.1) is 25.3 Å². The second kappa shape index (κ2) is 6.68. The molecule has 2 heterocycles. The highest BCUT2D eigenvalue weighted by atomic mass is 16.5. The van der Waals surface area contributed by atoms with Crippen LogP contribution in [0.15, 0.2) is 4.52 Å². The molecule has 1 saturated heterocycles. The molecule has 6 nitrogen and oxygen atoms in total. The first-order valence-corrected chi connectivity index (χ1v) is 6.65. The lowest BCUT2D eigenvalue weighted by Gasteiger charge is -2.26. The lowest BCUT2D eigenvalue weighted by Crippen LogP contribution is -2.41. The van der Waals surface area contributed by atoms with E-state index in [0.29, 0.717) is 13.0 Å². The molecule has 19 heavy (non-hydrogen) atoms. The Labute approximate surface area is 113 Å². The van der Waals surface area contributed by atoms with Gasteiger partial charge in [-0.05, 0) is 13.8 Å². The summed E-state index contributed by atoms with van der Waals surface area (Å²) >= 11 is 0. The van der Waals surface area contributed by atoms with E-state index in [-0.39, 0.29) is 5.91 Å². The quantitative estimate of drug-likeness (QED) is 0.830. The Morgan fingerprint density at radius 3 is 2.74 bits per heavy atom. The minimum Gasteiger partial charge on any atom is -0.379 e. The first-order valence-electron chi connectivity index (χ1n) is 6.65. The number of aryl methyl sites for hydroxylation is 2. The van der Waals surface area contributed by atoms with Crippen LogP contribution in [0.1, 0.15) is 17.0 Å². The van der Waals surface area contributed by atoms with Gasteiger partial charge in [0.1, 0.15) is 5.76 Å². The summed E-state index contributed by atoms with van der Waals surface area (Å²) in [6, 6.07) is 0. The Hall–Kier alpha value is -1.40. The van der Waals surface area contributed by atoms with E-state index >= 15 is 0 Å². The van der Waals surface area contributed by atoms with E-state index in [1.807, 2.05) is 13.8 Å². The van der Waals surface area contributed by atoms with E-state index in [1.54, 1.807) is 0 Å². The van der Waals surface area contributed by atoms with Gasteiger partial charge < -0.3 is 14.6 Å². The summed E-state index contributed by atoms with van der Waals surface area (Å²) in [4.78, 5) is 14.1. The van der Waals surface area contributed by atoms with Crippen molar-refractivity contribution in [2.75, 3.05) is 39.4 Å². The molecule has 1 aliphatic heterocycles. The van der Waals surface area contributed by atoms with Crippen molar-refractivity contribution in [3.8, 4) is 0 Å². The maximum absolute atomic E-state index is 11.8. The van der Waals surface area contributed by atoms with Gasteiger partial charge >= 0.3 is 0 Å². The van der Waals surface area contributed by atoms with Crippen LogP contribution in [0.4, 0.5) is 0 Å². The van der Waals surface area contributed by atoms with Crippen molar-refractivity contribution in [2.45, 2.75) is 20.3 Å². The van der Waals surface area contributed by atoms with Crippen LogP contribution in [-0.4, -0.2) is 55.4 Å². The molecule has 106 valence electrons. The number of morpholine rings is 1. The van der Waals surface area contributed by atoms with Gasteiger partial charge in [0.25, 0.3) is 0 Å². The number of ether oxygens (including phenoxy) is 1. The average Bonchev–Trinajstić information content (AvgIpc) is 2.72. The van der Waals surface area contributed by atoms with Crippen LogP contribution in [-0.2, 0) is 16.0 Å². The minimum atomic E-state index is 0.0164. The summed E-state index contributed by atoms with van der Waals surface area (Å²) in [5.74, 6) is 0.739. The summed E-state index contributed by atoms with van der Waals surface area (Å²) in [6.07, 6.45) is 0.338. The van der Waals surface area contributed by atoms with Crippen molar-refractivity contribution >= 4 is 5.91 Å². The monoisotopic (exact) mass is 267 g/mol. The number of nitrogens with one attached hydrogen (secondary N) is 1. The van der Waals surface area contributed by atoms with Crippen molar-refractivity contribution in [3.05, 3.63) is 17.0 Å². The minimum absolute atomic E-state index is 0.0164. The fourth-order valence-electron chi connectivity index (χ4n) is 2.16. The highest BCUT2D eigenvalue weighted by Gasteiger charge is 2.14. The maximum atomic E-state index is 11.8. The van der Waals surface area contributed by atoms with E-state index in [9.17, 15) is 4.79 Å². The van der Waals surface area contributed by atoms with Crippen LogP contribution in [0.5, 0.6) is 0 Å². The van der Waals surface area contributed by atoms with Crippen LogP contribution < -0.4 is 5.32 Å². The first kappa shape index (κ1) is 14.0. The summed E-state index contributed by atoms with van der Waals surface area (Å²) in [5.41, 5.74) is 1.68. The van der Waals surface area contributed by atoms with Gasteiger partial charge in [0.15, 0.2) is 0 Å². The van der Waals surface area contributed by atoms with Crippen molar-refractivity contribution in [1.29, 1.82) is 0 Å². The van der Waals surface area contributed by atoms with Crippen LogP contribution in [0.3, 0.4) is 0 Å². The zero-order valence-corrected chi connectivity index (χ0v) is 11.6. The van der Waals surface area contributed by atoms with Gasteiger partial charge in [-0.1, -0.05) is 5.16 Å². The van der Waals surface area contributed by atoms with Gasteiger partial charge in [0.2, 0.25) is 5.91 Å². The molecule has 0 spiro atoms. The van der Waals surface area contributed by atoms with Gasteiger partial charge in [-0.25, -0.2) is 0 Å². The summed E-state index contributed by atoms with van der Waals surface area (Å²) < 4.78 is 10.3. The second-order valence-electron chi connectivity index (χ2n) is 4.78. The highest BCUT2D eigenvalue weighted by Crippen LogP contribution is 2.12. The third kappa shape index (κ3) is 4.04. The molecule has 0 atom stereocenters. The number of hydrogen-bond donors (Lipinski definition) is 1. The predicted molar refractivity (Wildman–Crippen MR) is 69.9 cm³/mol. The largest absolute Gasteiger partial charge is 0.379 e. The molecular weight excluding hydrogens is 246 g/mol. The number of nitrogens with zero attached hydrogens (tertiary/aromatic N) is 2. The average molecular weight is 267 g/mol. The molecular formula is C13H21N3O3. The number of aromatic nitrogens is 1. The van der Waals surface area contributed by atoms with Crippen molar-refractivity contribution in [3.63, 3.8) is 0 Å². The highest BCUT2D eigenvalue weighted by molar-refractivity contribution is 5.78. The molecule has 0 radical (unpaired) electrons. The van der Waals surface area contributed by atoms with Crippen LogP contribution >= 0.6 is 0 Å². The van der Waals surface area contributed by atoms with Gasteiger partial charge in [0, 0.05) is 31.7 Å². The smallest absolute Gasteiger partial charge is 0.224 e. The fourth-order valence-corrected chi connectivity index (χ4v) is 2.16. The van der Waals surface area contributed by atoms with Crippen LogP contribution in [0.2, 0.25) is 0 Å². The van der Waals surface area contributed by atoms with Gasteiger partial charge in [-0.3, -0.25) is 9.69 Å². The van der Waals surface area contributed by atoms with Crippen LogP contribution in [0.25, 0.3) is 0 Å². The molecule has 0 aliphatic carbocycles. The maximum Gasteiger partial charge on any atom is 0.224 e. The number of amides is 1. The topological polar surface area (TPSA) is 67.6 Å². The Bertz CT molecular complexity index is 405. The molecule has 0 bridgehead atoms. The Balaban J connectivity index is 1.70. The van der Waals surface area contributed by atoms with Crippen molar-refractivity contribution in [2.24, 2.45) is 0 Å². The number of carbonyl (C=O) groups is 1. The SMILES string of the molecule is Cc1noc(C)c1CC(=O)NCCN1CCOCC1. The third-order valence-electron chi connectivity index (χ3n) is 3.37. The molecule has 1 aromatic heterocycles. The second-order valence-corrected chi connectivity index (χ2v) is 4.78. The normalized spacial score (nSPS) is 16.5. The van der Waals surface area contributed by atoms with E-state index in [0.717, 1.165) is 49.9 Å². The Morgan fingerprint density at radius 1 is 1.37 bits per heavy atom. The molecule has 0 aromatic carbocycles. The molecule has 0 saturated carbocycles. The number of hydrogen-bond acceptors (Lipinski definition) is 5. The zero-order chi connectivity index (χ0) is 13.7. The lowest BCUT2D eigenvalue weighted by atomic mass is 10.1. The van der Waals surface area contributed by atoms with E-state index < -0.39 is 0 Å². The van der Waals surface area contributed by atoms with Crippen molar-refractivity contribution in [1.82, 2.24) is 15.4 Å². The van der Waals surface area contributed by atoms with Gasteiger partial charge in [-0.2, -0.15) is 0 Å². The standard InChI is InChI=1S/C13H21N3O3/c1-10-12(11(2)19-15-10)9-13(17)14-3-4-16-5-7-18-8-6-16/h3-9H2,1-2H3,(H,14,17). The molecule has 1 N–H and O–H groups in total. The van der Waals surface area contributed by atoms with E-state index in [2.05, 4.69) is 15.4 Å². The third-order valence-corrected chi connectivity index (χ3v) is 3.37. The summed E-state index contributed by atoms with van der Waals surface area (Å²) in [5, 5.41) is 6.78. The number of carbonyl (C=O) groups excluding carboxylic acids is 1. The molecule has 2 rings (SSSR count). The Kier molecular flexibility index (Phi) is 4.93. The molecule has 6 heteroatoms. The lowest BCUT2D eigenvalue weighted by molar-refractivity contribution is -0.120. The zero-order valence-electron chi connectivity index (χ0n) is 11.6.